The molecule has 2 atom stereocenters. The lowest BCUT2D eigenvalue weighted by atomic mass is 9.92. The lowest BCUT2D eigenvalue weighted by molar-refractivity contribution is 0.307. The van der Waals surface area contributed by atoms with Crippen LogP contribution >= 0.6 is 11.8 Å². The summed E-state index contributed by atoms with van der Waals surface area (Å²) in [7, 11) is 0. The summed E-state index contributed by atoms with van der Waals surface area (Å²) in [4.78, 5) is 0. The van der Waals surface area contributed by atoms with Gasteiger partial charge in [-0.05, 0) is 31.9 Å². The van der Waals surface area contributed by atoms with Gasteiger partial charge in [0.1, 0.15) is 0 Å². The maximum Gasteiger partial charge on any atom is 0.0198 e. The Hall–Kier alpha value is 0.310. The summed E-state index contributed by atoms with van der Waals surface area (Å²) >= 11 is 2.05. The van der Waals surface area contributed by atoms with E-state index in [1.165, 1.54) is 38.5 Å². The molecule has 0 bridgehead atoms. The first kappa shape index (κ1) is 8.89. The van der Waals surface area contributed by atoms with Gasteiger partial charge >= 0.3 is 0 Å². The molecule has 2 heteroatoms. The summed E-state index contributed by atoms with van der Waals surface area (Å²) in [5.74, 6) is 0. The molecule has 0 spiro atoms. The predicted molar refractivity (Wildman–Crippen MR) is 55.7 cm³/mol. The normalized spacial score (nSPS) is 36.8. The van der Waals surface area contributed by atoms with E-state index >= 15 is 0 Å². The molecule has 0 aliphatic heterocycles. The summed E-state index contributed by atoms with van der Waals surface area (Å²) in [5, 5.41) is 4.70. The monoisotopic (exact) mass is 185 g/mol. The van der Waals surface area contributed by atoms with Gasteiger partial charge in [0, 0.05) is 17.3 Å². The van der Waals surface area contributed by atoms with Gasteiger partial charge in [0.15, 0.2) is 0 Å². The Kier molecular flexibility index (Phi) is 2.97. The SMILES string of the molecule is CSC1CCCC1NC1CCC1. The molecule has 2 unspecified atom stereocenters. The highest BCUT2D eigenvalue weighted by Crippen LogP contribution is 2.30. The maximum absolute atomic E-state index is 3.80. The summed E-state index contributed by atoms with van der Waals surface area (Å²) in [6.45, 7) is 0. The second kappa shape index (κ2) is 4.01. The third kappa shape index (κ3) is 1.80. The van der Waals surface area contributed by atoms with Crippen molar-refractivity contribution in [2.24, 2.45) is 0 Å². The number of nitrogens with one attached hydrogen (secondary N) is 1. The minimum absolute atomic E-state index is 0.838. The van der Waals surface area contributed by atoms with Crippen molar-refractivity contribution in [1.29, 1.82) is 0 Å². The van der Waals surface area contributed by atoms with Crippen molar-refractivity contribution in [1.82, 2.24) is 5.32 Å². The zero-order valence-corrected chi connectivity index (χ0v) is 8.70. The van der Waals surface area contributed by atoms with Crippen molar-refractivity contribution in [3.05, 3.63) is 0 Å². The van der Waals surface area contributed by atoms with Crippen LogP contribution in [0.5, 0.6) is 0 Å². The van der Waals surface area contributed by atoms with E-state index in [-0.39, 0.29) is 0 Å². The summed E-state index contributed by atoms with van der Waals surface area (Å²) in [6, 6.07) is 1.72. The molecule has 2 aliphatic rings. The van der Waals surface area contributed by atoms with E-state index in [4.69, 9.17) is 0 Å². The van der Waals surface area contributed by atoms with Gasteiger partial charge in [-0.15, -0.1) is 0 Å². The minimum atomic E-state index is 0.838. The number of thioether (sulfide) groups is 1. The van der Waals surface area contributed by atoms with E-state index in [1.807, 2.05) is 0 Å². The Morgan fingerprint density at radius 2 is 1.83 bits per heavy atom. The summed E-state index contributed by atoms with van der Waals surface area (Å²) in [5.41, 5.74) is 0. The Morgan fingerprint density at radius 1 is 1.08 bits per heavy atom. The molecule has 0 aromatic heterocycles. The first-order valence-electron chi connectivity index (χ1n) is 5.19. The number of hydrogen-bond donors (Lipinski definition) is 1. The molecule has 0 saturated heterocycles. The van der Waals surface area contributed by atoms with E-state index in [0.29, 0.717) is 0 Å². The van der Waals surface area contributed by atoms with Gasteiger partial charge in [0.05, 0.1) is 0 Å². The van der Waals surface area contributed by atoms with Crippen molar-refractivity contribution in [2.75, 3.05) is 6.26 Å². The highest BCUT2D eigenvalue weighted by atomic mass is 32.2. The third-order valence-electron chi connectivity index (χ3n) is 3.31. The van der Waals surface area contributed by atoms with E-state index in [0.717, 1.165) is 17.3 Å². The second-order valence-electron chi connectivity index (χ2n) is 4.11. The van der Waals surface area contributed by atoms with E-state index in [9.17, 15) is 0 Å². The van der Waals surface area contributed by atoms with Crippen LogP contribution in [0.4, 0.5) is 0 Å². The first-order chi connectivity index (χ1) is 5.90. The van der Waals surface area contributed by atoms with Crippen LogP contribution in [-0.4, -0.2) is 23.6 Å². The molecule has 12 heavy (non-hydrogen) atoms. The molecule has 2 fully saturated rings. The highest BCUT2D eigenvalue weighted by Gasteiger charge is 2.29. The van der Waals surface area contributed by atoms with Crippen LogP contribution in [0.1, 0.15) is 38.5 Å². The highest BCUT2D eigenvalue weighted by molar-refractivity contribution is 7.99. The minimum Gasteiger partial charge on any atom is -0.310 e. The van der Waals surface area contributed by atoms with Crippen molar-refractivity contribution in [2.45, 2.75) is 55.9 Å². The number of rotatable bonds is 3. The molecule has 0 aromatic carbocycles. The molecule has 1 N–H and O–H groups in total. The summed E-state index contributed by atoms with van der Waals surface area (Å²) < 4.78 is 0. The van der Waals surface area contributed by atoms with Gasteiger partial charge in [-0.2, -0.15) is 11.8 Å². The molecule has 0 aromatic rings. The quantitative estimate of drug-likeness (QED) is 0.724. The van der Waals surface area contributed by atoms with Crippen LogP contribution in [0, 0.1) is 0 Å². The van der Waals surface area contributed by atoms with E-state index in [2.05, 4.69) is 23.3 Å². The molecule has 0 amide bonds. The Morgan fingerprint density at radius 3 is 2.42 bits per heavy atom. The summed E-state index contributed by atoms with van der Waals surface area (Å²) in [6.07, 6.45) is 10.9. The molecule has 2 aliphatic carbocycles. The maximum atomic E-state index is 3.80. The van der Waals surface area contributed by atoms with Gasteiger partial charge < -0.3 is 5.32 Å². The van der Waals surface area contributed by atoms with E-state index in [1.54, 1.807) is 0 Å². The molecule has 0 heterocycles. The average Bonchev–Trinajstić information content (AvgIpc) is 2.43. The molecular formula is C10H19NS. The smallest absolute Gasteiger partial charge is 0.0198 e. The van der Waals surface area contributed by atoms with Crippen LogP contribution < -0.4 is 5.32 Å². The first-order valence-corrected chi connectivity index (χ1v) is 6.48. The van der Waals surface area contributed by atoms with Crippen LogP contribution in [0.3, 0.4) is 0 Å². The lowest BCUT2D eigenvalue weighted by Crippen LogP contribution is -2.44. The fraction of sp³-hybridized carbons (Fsp3) is 1.00. The lowest BCUT2D eigenvalue weighted by Gasteiger charge is -2.32. The predicted octanol–water partition coefficient (Wildman–Crippen LogP) is 2.41. The molecule has 2 rings (SSSR count). The largest absolute Gasteiger partial charge is 0.310 e. The fourth-order valence-corrected chi connectivity index (χ4v) is 3.22. The molecule has 2 saturated carbocycles. The van der Waals surface area contributed by atoms with Gasteiger partial charge in [0.2, 0.25) is 0 Å². The van der Waals surface area contributed by atoms with Crippen LogP contribution in [0.2, 0.25) is 0 Å². The van der Waals surface area contributed by atoms with Crippen molar-refractivity contribution < 1.29 is 0 Å². The Labute approximate surface area is 79.7 Å². The van der Waals surface area contributed by atoms with Crippen LogP contribution in [0.15, 0.2) is 0 Å². The van der Waals surface area contributed by atoms with Crippen molar-refractivity contribution >= 4 is 11.8 Å². The fourth-order valence-electron chi connectivity index (χ4n) is 2.28. The standard InChI is InChI=1S/C10H19NS/c1-12-10-7-3-6-9(10)11-8-4-2-5-8/h8-11H,2-7H2,1H3. The van der Waals surface area contributed by atoms with Crippen LogP contribution in [-0.2, 0) is 0 Å². The van der Waals surface area contributed by atoms with Crippen molar-refractivity contribution in [3.63, 3.8) is 0 Å². The molecule has 0 radical (unpaired) electrons. The van der Waals surface area contributed by atoms with Gasteiger partial charge in [-0.3, -0.25) is 0 Å². The van der Waals surface area contributed by atoms with Crippen LogP contribution in [0.25, 0.3) is 0 Å². The van der Waals surface area contributed by atoms with Gasteiger partial charge in [-0.1, -0.05) is 12.8 Å². The average molecular weight is 185 g/mol. The molecular weight excluding hydrogens is 166 g/mol. The zero-order chi connectivity index (χ0) is 8.39. The second-order valence-corrected chi connectivity index (χ2v) is 5.18. The molecule has 70 valence electrons. The molecule has 1 nitrogen and oxygen atoms in total. The topological polar surface area (TPSA) is 12.0 Å². The van der Waals surface area contributed by atoms with E-state index < -0.39 is 0 Å². The Balaban J connectivity index is 1.77. The Bertz CT molecular complexity index is 145. The van der Waals surface area contributed by atoms with Gasteiger partial charge in [-0.25, -0.2) is 0 Å². The third-order valence-corrected chi connectivity index (χ3v) is 4.48. The van der Waals surface area contributed by atoms with Gasteiger partial charge in [0.25, 0.3) is 0 Å². The van der Waals surface area contributed by atoms with Crippen molar-refractivity contribution in [3.8, 4) is 0 Å². The zero-order valence-electron chi connectivity index (χ0n) is 7.88. The number of hydrogen-bond acceptors (Lipinski definition) is 2.